The maximum atomic E-state index is 4.25. The van der Waals surface area contributed by atoms with Crippen molar-refractivity contribution in [2.24, 2.45) is 0 Å². The minimum Gasteiger partial charge on any atom is -0.307 e. The molecule has 22 heavy (non-hydrogen) atoms. The van der Waals surface area contributed by atoms with E-state index in [-0.39, 0.29) is 0 Å². The Morgan fingerprint density at radius 3 is 2.18 bits per heavy atom. The van der Waals surface area contributed by atoms with Crippen molar-refractivity contribution in [3.63, 3.8) is 0 Å². The molecule has 0 radical (unpaired) electrons. The zero-order valence-corrected chi connectivity index (χ0v) is 13.5. The SMILES string of the molecule is Brc1ccn2ccnc2c1.c1cn2ccc(C3CC3)cc2n1. The molecule has 5 heteroatoms. The first kappa shape index (κ1) is 13.5. The minimum absolute atomic E-state index is 0.826. The zero-order chi connectivity index (χ0) is 14.9. The molecular formula is C17H15BrN4. The largest absolute Gasteiger partial charge is 0.307 e. The quantitative estimate of drug-likeness (QED) is 0.510. The standard InChI is InChI=1S/C10H10N2.C7H5BrN2/c1-2-8(1)9-3-5-12-6-4-11-10(12)7-9;8-6-1-3-10-4-2-9-7(10)5-6/h3-8H,1-2H2;1-5H. The highest BCUT2D eigenvalue weighted by molar-refractivity contribution is 9.10. The molecule has 0 amide bonds. The molecule has 4 aromatic rings. The molecule has 0 atom stereocenters. The Kier molecular flexibility index (Phi) is 3.42. The van der Waals surface area contributed by atoms with Crippen LogP contribution in [0.1, 0.15) is 24.3 Å². The van der Waals surface area contributed by atoms with Gasteiger partial charge in [0.15, 0.2) is 0 Å². The van der Waals surface area contributed by atoms with Crippen LogP contribution in [0.2, 0.25) is 0 Å². The number of imidazole rings is 2. The smallest absolute Gasteiger partial charge is 0.137 e. The van der Waals surface area contributed by atoms with Crippen LogP contribution in [-0.4, -0.2) is 18.8 Å². The van der Waals surface area contributed by atoms with E-state index < -0.39 is 0 Å². The van der Waals surface area contributed by atoms with Gasteiger partial charge in [0, 0.05) is 41.7 Å². The molecule has 5 rings (SSSR count). The van der Waals surface area contributed by atoms with Gasteiger partial charge in [-0.05, 0) is 48.6 Å². The van der Waals surface area contributed by atoms with E-state index >= 15 is 0 Å². The van der Waals surface area contributed by atoms with Crippen LogP contribution < -0.4 is 0 Å². The summed E-state index contributed by atoms with van der Waals surface area (Å²) in [4.78, 5) is 8.36. The molecule has 4 heterocycles. The van der Waals surface area contributed by atoms with Gasteiger partial charge in [-0.25, -0.2) is 9.97 Å². The average Bonchev–Trinajstić information content (AvgIpc) is 3.10. The molecule has 0 bridgehead atoms. The highest BCUT2D eigenvalue weighted by atomic mass is 79.9. The lowest BCUT2D eigenvalue weighted by atomic mass is 10.2. The van der Waals surface area contributed by atoms with Crippen molar-refractivity contribution in [3.8, 4) is 0 Å². The summed E-state index contributed by atoms with van der Waals surface area (Å²) in [5.41, 5.74) is 3.49. The molecule has 0 saturated heterocycles. The highest BCUT2D eigenvalue weighted by Gasteiger charge is 2.23. The first-order chi connectivity index (χ1) is 10.8. The maximum absolute atomic E-state index is 4.25. The summed E-state index contributed by atoms with van der Waals surface area (Å²) in [7, 11) is 0. The third kappa shape index (κ3) is 2.76. The topological polar surface area (TPSA) is 34.6 Å². The Morgan fingerprint density at radius 1 is 0.864 bits per heavy atom. The van der Waals surface area contributed by atoms with Gasteiger partial charge in [0.2, 0.25) is 0 Å². The second kappa shape index (κ2) is 5.57. The minimum atomic E-state index is 0.826. The number of aromatic nitrogens is 4. The Hall–Kier alpha value is -2.14. The lowest BCUT2D eigenvalue weighted by Gasteiger charge is -1.97. The highest BCUT2D eigenvalue weighted by Crippen LogP contribution is 2.40. The van der Waals surface area contributed by atoms with Gasteiger partial charge in [0.05, 0.1) is 0 Å². The third-order valence-electron chi connectivity index (χ3n) is 3.83. The monoisotopic (exact) mass is 354 g/mol. The fraction of sp³-hybridized carbons (Fsp3) is 0.176. The predicted molar refractivity (Wildman–Crippen MR) is 90.1 cm³/mol. The molecule has 1 fully saturated rings. The summed E-state index contributed by atoms with van der Waals surface area (Å²) < 4.78 is 5.07. The molecule has 0 aromatic carbocycles. The van der Waals surface area contributed by atoms with E-state index in [0.29, 0.717) is 0 Å². The van der Waals surface area contributed by atoms with E-state index in [9.17, 15) is 0 Å². The molecule has 0 aliphatic heterocycles. The van der Waals surface area contributed by atoms with Gasteiger partial charge in [0.25, 0.3) is 0 Å². The van der Waals surface area contributed by atoms with Crippen LogP contribution >= 0.6 is 15.9 Å². The first-order valence-electron chi connectivity index (χ1n) is 7.30. The van der Waals surface area contributed by atoms with E-state index in [4.69, 9.17) is 0 Å². The van der Waals surface area contributed by atoms with Crippen LogP contribution in [0.15, 0.2) is 65.9 Å². The van der Waals surface area contributed by atoms with Gasteiger partial charge >= 0.3 is 0 Å². The molecule has 1 aliphatic rings. The summed E-state index contributed by atoms with van der Waals surface area (Å²) in [5, 5.41) is 0. The number of hydrogen-bond donors (Lipinski definition) is 0. The average molecular weight is 355 g/mol. The van der Waals surface area contributed by atoms with Gasteiger partial charge < -0.3 is 8.80 Å². The fourth-order valence-corrected chi connectivity index (χ4v) is 2.80. The van der Waals surface area contributed by atoms with Crippen LogP contribution in [0.5, 0.6) is 0 Å². The molecule has 110 valence electrons. The molecule has 0 spiro atoms. The zero-order valence-electron chi connectivity index (χ0n) is 11.9. The molecule has 0 unspecified atom stereocenters. The summed E-state index contributed by atoms with van der Waals surface area (Å²) in [6.07, 6.45) is 14.3. The lowest BCUT2D eigenvalue weighted by Crippen LogP contribution is -1.85. The van der Waals surface area contributed by atoms with Gasteiger partial charge in [-0.15, -0.1) is 0 Å². The van der Waals surface area contributed by atoms with E-state index in [0.717, 1.165) is 21.7 Å². The molecule has 4 aromatic heterocycles. The number of pyridine rings is 2. The lowest BCUT2D eigenvalue weighted by molar-refractivity contribution is 1.09. The third-order valence-corrected chi connectivity index (χ3v) is 4.32. The van der Waals surface area contributed by atoms with Crippen molar-refractivity contribution >= 4 is 27.2 Å². The van der Waals surface area contributed by atoms with E-state index in [2.05, 4.69) is 44.2 Å². The predicted octanol–water partition coefficient (Wildman–Crippen LogP) is 4.31. The molecule has 1 aliphatic carbocycles. The van der Waals surface area contributed by atoms with Crippen LogP contribution in [0.25, 0.3) is 11.3 Å². The summed E-state index contributed by atoms with van der Waals surface area (Å²) in [5.74, 6) is 0.826. The van der Waals surface area contributed by atoms with Crippen molar-refractivity contribution in [3.05, 3.63) is 71.5 Å². The van der Waals surface area contributed by atoms with Crippen molar-refractivity contribution in [2.45, 2.75) is 18.8 Å². The second-order valence-corrected chi connectivity index (χ2v) is 6.38. The van der Waals surface area contributed by atoms with Crippen molar-refractivity contribution in [2.75, 3.05) is 0 Å². The number of hydrogen-bond acceptors (Lipinski definition) is 2. The summed E-state index contributed by atoms with van der Waals surface area (Å²) in [6.45, 7) is 0. The summed E-state index contributed by atoms with van der Waals surface area (Å²) in [6, 6.07) is 8.35. The van der Waals surface area contributed by atoms with Crippen LogP contribution in [0.3, 0.4) is 0 Å². The van der Waals surface area contributed by atoms with Crippen LogP contribution in [0, 0.1) is 0 Å². The van der Waals surface area contributed by atoms with Crippen molar-refractivity contribution < 1.29 is 0 Å². The van der Waals surface area contributed by atoms with Gasteiger partial charge in [-0.1, -0.05) is 15.9 Å². The molecule has 4 nitrogen and oxygen atoms in total. The van der Waals surface area contributed by atoms with E-state index in [1.54, 1.807) is 6.20 Å². The Bertz CT molecular complexity index is 920. The number of fused-ring (bicyclic) bond motifs is 2. The number of halogens is 1. The molecule has 1 saturated carbocycles. The maximum Gasteiger partial charge on any atom is 0.137 e. The number of rotatable bonds is 1. The van der Waals surface area contributed by atoms with Gasteiger partial charge in [0.1, 0.15) is 11.3 Å². The van der Waals surface area contributed by atoms with Gasteiger partial charge in [-0.2, -0.15) is 0 Å². The fourth-order valence-electron chi connectivity index (χ4n) is 2.48. The van der Waals surface area contributed by atoms with Gasteiger partial charge in [-0.3, -0.25) is 0 Å². The Balaban J connectivity index is 0.000000116. The second-order valence-electron chi connectivity index (χ2n) is 5.46. The Labute approximate surface area is 136 Å². The van der Waals surface area contributed by atoms with Crippen molar-refractivity contribution in [1.29, 1.82) is 0 Å². The molecule has 0 N–H and O–H groups in total. The Morgan fingerprint density at radius 2 is 1.50 bits per heavy atom. The van der Waals surface area contributed by atoms with E-state index in [1.807, 2.05) is 45.7 Å². The van der Waals surface area contributed by atoms with Crippen LogP contribution in [-0.2, 0) is 0 Å². The molecular weight excluding hydrogens is 340 g/mol. The first-order valence-corrected chi connectivity index (χ1v) is 8.10. The number of nitrogens with zero attached hydrogens (tertiary/aromatic N) is 4. The summed E-state index contributed by atoms with van der Waals surface area (Å²) >= 11 is 3.36. The van der Waals surface area contributed by atoms with Crippen molar-refractivity contribution in [1.82, 2.24) is 18.8 Å². The van der Waals surface area contributed by atoms with Crippen LogP contribution in [0.4, 0.5) is 0 Å². The van der Waals surface area contributed by atoms with E-state index in [1.165, 1.54) is 18.4 Å². The normalized spacial score (nSPS) is 14.0.